The Hall–Kier alpha value is -0.920. The molecule has 0 aliphatic rings. The summed E-state index contributed by atoms with van der Waals surface area (Å²) in [5.74, 6) is -0.483. The molecule has 0 aliphatic heterocycles. The monoisotopic (exact) mass is 249 g/mol. The summed E-state index contributed by atoms with van der Waals surface area (Å²) in [6.07, 6.45) is -0.179. The topological polar surface area (TPSA) is 72.5 Å². The van der Waals surface area contributed by atoms with Crippen molar-refractivity contribution in [2.24, 2.45) is 0 Å². The van der Waals surface area contributed by atoms with Gasteiger partial charge in [0, 0.05) is 11.9 Å². The second-order valence-corrected chi connectivity index (χ2v) is 5.39. The van der Waals surface area contributed by atoms with E-state index < -0.39 is 22.1 Å². The first kappa shape index (κ1) is 12.2. The minimum atomic E-state index is -3.66. The molecule has 1 aromatic heterocycles. The van der Waals surface area contributed by atoms with Crippen LogP contribution in [0.3, 0.4) is 0 Å². The lowest BCUT2D eigenvalue weighted by molar-refractivity contribution is -0.127. The molecule has 1 N–H and O–H groups in total. The van der Waals surface area contributed by atoms with Crippen molar-refractivity contribution < 1.29 is 17.4 Å². The number of likely N-dealkylation sites (N-methyl/N-ethyl adjacent to an activating group) is 1. The minimum Gasteiger partial charge on any atom is -0.357 e. The summed E-state index contributed by atoms with van der Waals surface area (Å²) < 4.78 is 26.6. The molecular weight excluding hydrogens is 238 g/mol. The third kappa shape index (κ3) is 3.61. The average Bonchev–Trinajstić information content (AvgIpc) is 2.64. The molecule has 1 heterocycles. The Labute approximate surface area is 92.2 Å². The van der Waals surface area contributed by atoms with Crippen LogP contribution < -0.4 is 5.32 Å². The minimum absolute atomic E-state index is 0.483. The van der Waals surface area contributed by atoms with E-state index in [0.29, 0.717) is 4.88 Å². The maximum absolute atomic E-state index is 11.4. The first-order valence-electron chi connectivity index (χ1n) is 4.07. The van der Waals surface area contributed by atoms with Gasteiger partial charge in [-0.1, -0.05) is 6.07 Å². The molecule has 1 atom stereocenters. The van der Waals surface area contributed by atoms with Crippen LogP contribution in [0.25, 0.3) is 0 Å². The van der Waals surface area contributed by atoms with Crippen LogP contribution in [-0.2, 0) is 19.1 Å². The molecule has 0 bridgehead atoms. The second-order valence-electron chi connectivity index (χ2n) is 2.81. The van der Waals surface area contributed by atoms with E-state index in [1.807, 2.05) is 0 Å². The summed E-state index contributed by atoms with van der Waals surface area (Å²) in [4.78, 5) is 11.9. The van der Waals surface area contributed by atoms with Crippen LogP contribution in [-0.4, -0.2) is 27.6 Å². The van der Waals surface area contributed by atoms with E-state index in [0.717, 1.165) is 6.26 Å². The lowest BCUT2D eigenvalue weighted by atomic mass is 10.3. The highest BCUT2D eigenvalue weighted by Gasteiger charge is 2.25. The summed E-state index contributed by atoms with van der Waals surface area (Å²) in [6, 6.07) is 3.37. The van der Waals surface area contributed by atoms with Crippen molar-refractivity contribution in [1.82, 2.24) is 5.32 Å². The van der Waals surface area contributed by atoms with Crippen LogP contribution in [0.5, 0.6) is 0 Å². The summed E-state index contributed by atoms with van der Waals surface area (Å²) in [7, 11) is -2.23. The summed E-state index contributed by atoms with van der Waals surface area (Å²) in [5.41, 5.74) is 0. The molecule has 1 unspecified atom stereocenters. The average molecular weight is 249 g/mol. The van der Waals surface area contributed by atoms with Gasteiger partial charge >= 0.3 is 0 Å². The Kier molecular flexibility index (Phi) is 3.83. The molecule has 0 saturated carbocycles. The zero-order chi connectivity index (χ0) is 11.5. The van der Waals surface area contributed by atoms with Gasteiger partial charge in [0.2, 0.25) is 0 Å². The molecular formula is C8H11NO4S2. The number of carbonyl (C=O) groups excluding carboxylic acids is 1. The van der Waals surface area contributed by atoms with Crippen molar-refractivity contribution in [1.29, 1.82) is 0 Å². The van der Waals surface area contributed by atoms with Gasteiger partial charge in [-0.05, 0) is 11.4 Å². The zero-order valence-electron chi connectivity index (χ0n) is 8.26. The highest BCUT2D eigenvalue weighted by atomic mass is 32.2. The first-order valence-corrected chi connectivity index (χ1v) is 6.77. The third-order valence-corrected chi connectivity index (χ3v) is 3.01. The largest absolute Gasteiger partial charge is 0.357 e. The maximum atomic E-state index is 11.4. The number of hydrogen-bond donors (Lipinski definition) is 1. The van der Waals surface area contributed by atoms with E-state index in [1.54, 1.807) is 17.5 Å². The van der Waals surface area contributed by atoms with Crippen molar-refractivity contribution in [3.05, 3.63) is 22.4 Å². The fourth-order valence-corrected chi connectivity index (χ4v) is 2.32. The molecule has 1 rings (SSSR count). The Morgan fingerprint density at radius 2 is 2.27 bits per heavy atom. The van der Waals surface area contributed by atoms with Gasteiger partial charge in [0.15, 0.2) is 6.10 Å². The van der Waals surface area contributed by atoms with E-state index >= 15 is 0 Å². The first-order chi connectivity index (χ1) is 6.94. The summed E-state index contributed by atoms with van der Waals surface area (Å²) in [6.45, 7) is 0. The van der Waals surface area contributed by atoms with Crippen molar-refractivity contribution in [2.75, 3.05) is 13.3 Å². The number of nitrogens with one attached hydrogen (secondary N) is 1. The molecule has 84 valence electrons. The van der Waals surface area contributed by atoms with Gasteiger partial charge < -0.3 is 5.32 Å². The van der Waals surface area contributed by atoms with E-state index in [-0.39, 0.29) is 0 Å². The summed E-state index contributed by atoms with van der Waals surface area (Å²) in [5, 5.41) is 4.10. The number of thiophene rings is 1. The number of amides is 1. The number of carbonyl (C=O) groups is 1. The van der Waals surface area contributed by atoms with Gasteiger partial charge in [0.05, 0.1) is 6.26 Å². The molecule has 0 aromatic carbocycles. The van der Waals surface area contributed by atoms with Gasteiger partial charge in [-0.3, -0.25) is 8.98 Å². The van der Waals surface area contributed by atoms with Gasteiger partial charge in [-0.15, -0.1) is 11.3 Å². The van der Waals surface area contributed by atoms with E-state index in [9.17, 15) is 13.2 Å². The Balaban J connectivity index is 2.94. The molecule has 0 aliphatic carbocycles. The van der Waals surface area contributed by atoms with Crippen LogP contribution in [0.1, 0.15) is 11.0 Å². The molecule has 1 aromatic rings. The Morgan fingerprint density at radius 1 is 1.60 bits per heavy atom. The zero-order valence-corrected chi connectivity index (χ0v) is 9.89. The second kappa shape index (κ2) is 4.73. The van der Waals surface area contributed by atoms with Crippen LogP contribution in [0.4, 0.5) is 0 Å². The smallest absolute Gasteiger partial charge is 0.265 e. The molecule has 5 nitrogen and oxygen atoms in total. The van der Waals surface area contributed by atoms with Crippen molar-refractivity contribution >= 4 is 27.4 Å². The maximum Gasteiger partial charge on any atom is 0.265 e. The lowest BCUT2D eigenvalue weighted by Gasteiger charge is -2.12. The van der Waals surface area contributed by atoms with Crippen molar-refractivity contribution in [3.8, 4) is 0 Å². The Bertz CT molecular complexity index is 424. The Morgan fingerprint density at radius 3 is 2.67 bits per heavy atom. The number of hydrogen-bond acceptors (Lipinski definition) is 5. The molecule has 0 radical (unpaired) electrons. The summed E-state index contributed by atoms with van der Waals surface area (Å²) >= 11 is 1.27. The van der Waals surface area contributed by atoms with E-state index in [2.05, 4.69) is 5.32 Å². The molecule has 0 fully saturated rings. The predicted molar refractivity (Wildman–Crippen MR) is 57.1 cm³/mol. The predicted octanol–water partition coefficient (Wildman–Crippen LogP) is 0.511. The molecule has 7 heteroatoms. The SMILES string of the molecule is CNC(=O)C(OS(C)(=O)=O)c1cccs1. The van der Waals surface area contributed by atoms with Crippen molar-refractivity contribution in [3.63, 3.8) is 0 Å². The third-order valence-electron chi connectivity index (χ3n) is 1.56. The van der Waals surface area contributed by atoms with Crippen molar-refractivity contribution in [2.45, 2.75) is 6.10 Å². The molecule has 15 heavy (non-hydrogen) atoms. The van der Waals surface area contributed by atoms with Gasteiger partial charge in [0.25, 0.3) is 16.0 Å². The standard InChI is InChI=1S/C8H11NO4S2/c1-9-8(10)7(13-15(2,11)12)6-4-3-5-14-6/h3-5,7H,1-2H3,(H,9,10). The van der Waals surface area contributed by atoms with E-state index in [1.165, 1.54) is 18.4 Å². The quantitative estimate of drug-likeness (QED) is 0.789. The fourth-order valence-electron chi connectivity index (χ4n) is 0.967. The fraction of sp³-hybridized carbons (Fsp3) is 0.375. The molecule has 1 amide bonds. The number of rotatable bonds is 4. The van der Waals surface area contributed by atoms with E-state index in [4.69, 9.17) is 4.18 Å². The highest BCUT2D eigenvalue weighted by molar-refractivity contribution is 7.86. The van der Waals surface area contributed by atoms with Crippen LogP contribution in [0, 0.1) is 0 Å². The van der Waals surface area contributed by atoms with Crippen LogP contribution in [0.2, 0.25) is 0 Å². The lowest BCUT2D eigenvalue weighted by Crippen LogP contribution is -2.28. The molecule has 0 spiro atoms. The highest BCUT2D eigenvalue weighted by Crippen LogP contribution is 2.24. The van der Waals surface area contributed by atoms with Gasteiger partial charge in [-0.25, -0.2) is 0 Å². The van der Waals surface area contributed by atoms with Crippen LogP contribution >= 0.6 is 11.3 Å². The molecule has 0 saturated heterocycles. The van der Waals surface area contributed by atoms with Gasteiger partial charge in [-0.2, -0.15) is 8.42 Å². The van der Waals surface area contributed by atoms with Crippen LogP contribution in [0.15, 0.2) is 17.5 Å². The normalized spacial score (nSPS) is 13.5. The van der Waals surface area contributed by atoms with Gasteiger partial charge in [0.1, 0.15) is 0 Å².